The standard InChI is InChI=1S/C15H24ClN3O/c1-5-11(2)19-15(17-4)18-10-12(3)20-14-8-6-13(16)7-9-14/h6-9,11-12H,5,10H2,1-4H3,(H2,17,18,19). The molecule has 0 saturated heterocycles. The van der Waals surface area contributed by atoms with Crippen molar-refractivity contribution in [3.63, 3.8) is 0 Å². The molecule has 0 aliphatic carbocycles. The Morgan fingerprint density at radius 1 is 1.30 bits per heavy atom. The van der Waals surface area contributed by atoms with Crippen LogP contribution in [0.4, 0.5) is 0 Å². The Morgan fingerprint density at radius 3 is 2.50 bits per heavy atom. The first-order valence-corrected chi connectivity index (χ1v) is 7.32. The van der Waals surface area contributed by atoms with Gasteiger partial charge in [0.15, 0.2) is 5.96 Å². The Balaban J connectivity index is 2.38. The SMILES string of the molecule is CCC(C)NC(=NC)NCC(C)Oc1ccc(Cl)cc1. The molecule has 2 atom stereocenters. The average Bonchev–Trinajstić information content (AvgIpc) is 2.45. The summed E-state index contributed by atoms with van der Waals surface area (Å²) in [5.41, 5.74) is 0. The monoisotopic (exact) mass is 297 g/mol. The minimum absolute atomic E-state index is 0.0339. The number of halogens is 1. The largest absolute Gasteiger partial charge is 0.489 e. The van der Waals surface area contributed by atoms with Crippen molar-refractivity contribution in [2.75, 3.05) is 13.6 Å². The molecule has 1 rings (SSSR count). The number of nitrogens with one attached hydrogen (secondary N) is 2. The number of benzene rings is 1. The van der Waals surface area contributed by atoms with E-state index in [1.54, 1.807) is 7.05 Å². The molecule has 4 nitrogen and oxygen atoms in total. The first-order valence-electron chi connectivity index (χ1n) is 6.94. The lowest BCUT2D eigenvalue weighted by atomic mass is 10.3. The van der Waals surface area contributed by atoms with Crippen LogP contribution in [0.3, 0.4) is 0 Å². The van der Waals surface area contributed by atoms with Gasteiger partial charge in [0.2, 0.25) is 0 Å². The third kappa shape index (κ3) is 6.15. The van der Waals surface area contributed by atoms with Crippen LogP contribution in [0.25, 0.3) is 0 Å². The molecule has 0 fully saturated rings. The van der Waals surface area contributed by atoms with Crippen molar-refractivity contribution in [3.8, 4) is 5.75 Å². The number of hydrogen-bond acceptors (Lipinski definition) is 2. The summed E-state index contributed by atoms with van der Waals surface area (Å²) in [6.45, 7) is 6.95. The van der Waals surface area contributed by atoms with Gasteiger partial charge in [-0.25, -0.2) is 0 Å². The summed E-state index contributed by atoms with van der Waals surface area (Å²) < 4.78 is 5.79. The predicted octanol–water partition coefficient (Wildman–Crippen LogP) is 3.07. The van der Waals surface area contributed by atoms with Gasteiger partial charge in [-0.15, -0.1) is 0 Å². The second kappa shape index (κ2) is 8.69. The van der Waals surface area contributed by atoms with Gasteiger partial charge in [-0.05, 0) is 44.5 Å². The summed E-state index contributed by atoms with van der Waals surface area (Å²) in [6, 6.07) is 7.77. The lowest BCUT2D eigenvalue weighted by molar-refractivity contribution is 0.223. The minimum atomic E-state index is 0.0339. The summed E-state index contributed by atoms with van der Waals surface area (Å²) >= 11 is 5.84. The Hall–Kier alpha value is -1.42. The maximum absolute atomic E-state index is 5.84. The highest BCUT2D eigenvalue weighted by Gasteiger charge is 2.07. The maximum Gasteiger partial charge on any atom is 0.191 e. The molecule has 0 aliphatic heterocycles. The lowest BCUT2D eigenvalue weighted by Crippen LogP contribution is -2.45. The van der Waals surface area contributed by atoms with Gasteiger partial charge in [0.05, 0.1) is 6.54 Å². The van der Waals surface area contributed by atoms with Crippen LogP contribution < -0.4 is 15.4 Å². The molecule has 20 heavy (non-hydrogen) atoms. The zero-order valence-corrected chi connectivity index (χ0v) is 13.4. The molecule has 0 bridgehead atoms. The molecule has 0 aromatic heterocycles. The van der Waals surface area contributed by atoms with E-state index in [9.17, 15) is 0 Å². The quantitative estimate of drug-likeness (QED) is 0.626. The van der Waals surface area contributed by atoms with Crippen molar-refractivity contribution < 1.29 is 4.74 Å². The van der Waals surface area contributed by atoms with Crippen molar-refractivity contribution in [3.05, 3.63) is 29.3 Å². The summed E-state index contributed by atoms with van der Waals surface area (Å²) in [4.78, 5) is 4.19. The number of hydrogen-bond donors (Lipinski definition) is 2. The molecule has 0 amide bonds. The molecule has 112 valence electrons. The lowest BCUT2D eigenvalue weighted by Gasteiger charge is -2.19. The molecular weight excluding hydrogens is 274 g/mol. The maximum atomic E-state index is 5.84. The summed E-state index contributed by atoms with van der Waals surface area (Å²) in [6.07, 6.45) is 1.09. The van der Waals surface area contributed by atoms with Gasteiger partial charge in [-0.1, -0.05) is 18.5 Å². The molecule has 1 aromatic carbocycles. The molecule has 1 aromatic rings. The number of nitrogens with zero attached hydrogens (tertiary/aromatic N) is 1. The van der Waals surface area contributed by atoms with Crippen LogP contribution in [0, 0.1) is 0 Å². The molecule has 0 saturated carbocycles. The van der Waals surface area contributed by atoms with E-state index in [1.165, 1.54) is 0 Å². The Labute approximate surface area is 126 Å². The van der Waals surface area contributed by atoms with Crippen LogP contribution in [0.1, 0.15) is 27.2 Å². The van der Waals surface area contributed by atoms with E-state index >= 15 is 0 Å². The molecule has 2 N–H and O–H groups in total. The van der Waals surface area contributed by atoms with Gasteiger partial charge in [0.25, 0.3) is 0 Å². The first kappa shape index (κ1) is 16.6. The fourth-order valence-electron chi connectivity index (χ4n) is 1.56. The van der Waals surface area contributed by atoms with Crippen LogP contribution >= 0.6 is 11.6 Å². The van der Waals surface area contributed by atoms with Gasteiger partial charge in [-0.2, -0.15) is 0 Å². The van der Waals surface area contributed by atoms with E-state index < -0.39 is 0 Å². The van der Waals surface area contributed by atoms with Gasteiger partial charge < -0.3 is 15.4 Å². The fourth-order valence-corrected chi connectivity index (χ4v) is 1.68. The van der Waals surface area contributed by atoms with E-state index in [2.05, 4.69) is 29.5 Å². The highest BCUT2D eigenvalue weighted by Crippen LogP contribution is 2.16. The molecule has 5 heteroatoms. The summed E-state index contributed by atoms with van der Waals surface area (Å²) in [7, 11) is 1.77. The average molecular weight is 298 g/mol. The fraction of sp³-hybridized carbons (Fsp3) is 0.533. The van der Waals surface area contributed by atoms with Crippen LogP contribution in [0.5, 0.6) is 5.75 Å². The minimum Gasteiger partial charge on any atom is -0.489 e. The van der Waals surface area contributed by atoms with Crippen molar-refractivity contribution in [1.82, 2.24) is 10.6 Å². The molecule has 2 unspecified atom stereocenters. The van der Waals surface area contributed by atoms with Crippen LogP contribution in [-0.2, 0) is 0 Å². The first-order chi connectivity index (χ1) is 9.55. The van der Waals surface area contributed by atoms with Crippen LogP contribution in [0.15, 0.2) is 29.3 Å². The predicted molar refractivity (Wildman–Crippen MR) is 85.8 cm³/mol. The van der Waals surface area contributed by atoms with Crippen molar-refractivity contribution in [2.24, 2.45) is 4.99 Å². The Kier molecular flexibility index (Phi) is 7.23. The van der Waals surface area contributed by atoms with Gasteiger partial charge >= 0.3 is 0 Å². The van der Waals surface area contributed by atoms with Gasteiger partial charge in [-0.3, -0.25) is 4.99 Å². The van der Waals surface area contributed by atoms with Crippen LogP contribution in [0.2, 0.25) is 5.02 Å². The zero-order chi connectivity index (χ0) is 15.0. The third-order valence-electron chi connectivity index (χ3n) is 2.93. The van der Waals surface area contributed by atoms with Crippen molar-refractivity contribution in [2.45, 2.75) is 39.3 Å². The summed E-state index contributed by atoms with van der Waals surface area (Å²) in [5.74, 6) is 1.61. The topological polar surface area (TPSA) is 45.7 Å². The number of aliphatic imine (C=N–C) groups is 1. The highest BCUT2D eigenvalue weighted by atomic mass is 35.5. The highest BCUT2D eigenvalue weighted by molar-refractivity contribution is 6.30. The van der Waals surface area contributed by atoms with E-state index in [4.69, 9.17) is 16.3 Å². The van der Waals surface area contributed by atoms with Crippen molar-refractivity contribution in [1.29, 1.82) is 0 Å². The molecule has 0 aliphatic rings. The molecular formula is C15H24ClN3O. The van der Waals surface area contributed by atoms with E-state index in [-0.39, 0.29) is 6.10 Å². The number of rotatable bonds is 6. The third-order valence-corrected chi connectivity index (χ3v) is 3.18. The Bertz CT molecular complexity index is 420. The van der Waals surface area contributed by atoms with Gasteiger partial charge in [0.1, 0.15) is 11.9 Å². The van der Waals surface area contributed by atoms with Gasteiger partial charge in [0, 0.05) is 18.1 Å². The second-order valence-electron chi connectivity index (χ2n) is 4.79. The normalized spacial score (nSPS) is 14.6. The number of ether oxygens (including phenoxy) is 1. The van der Waals surface area contributed by atoms with E-state index in [0.29, 0.717) is 17.6 Å². The van der Waals surface area contributed by atoms with Crippen molar-refractivity contribution >= 4 is 17.6 Å². The van der Waals surface area contributed by atoms with Crippen LogP contribution in [-0.4, -0.2) is 31.7 Å². The smallest absolute Gasteiger partial charge is 0.191 e. The van der Waals surface area contributed by atoms with E-state index in [0.717, 1.165) is 18.1 Å². The van der Waals surface area contributed by atoms with E-state index in [1.807, 2.05) is 31.2 Å². The summed E-state index contributed by atoms with van der Waals surface area (Å²) in [5, 5.41) is 7.27. The molecule has 0 heterocycles. The second-order valence-corrected chi connectivity index (χ2v) is 5.23. The molecule has 0 radical (unpaired) electrons. The molecule has 0 spiro atoms. The zero-order valence-electron chi connectivity index (χ0n) is 12.6. The number of guanidine groups is 1. The Morgan fingerprint density at radius 2 is 1.95 bits per heavy atom.